The summed E-state index contributed by atoms with van der Waals surface area (Å²) < 4.78 is 0. The SMILES string of the molecule is CC(C)CCC(CNCC(C)C)Cc1ccc(Cl)cc1. The minimum absolute atomic E-state index is 0.719. The smallest absolute Gasteiger partial charge is 0.0406 e. The van der Waals surface area contributed by atoms with E-state index >= 15 is 0 Å². The van der Waals surface area contributed by atoms with E-state index in [9.17, 15) is 0 Å². The van der Waals surface area contributed by atoms with Crippen LogP contribution in [0.4, 0.5) is 0 Å². The van der Waals surface area contributed by atoms with Gasteiger partial charge in [0.1, 0.15) is 0 Å². The second-order valence-electron chi connectivity index (χ2n) is 6.72. The van der Waals surface area contributed by atoms with Crippen LogP contribution in [0, 0.1) is 17.8 Å². The third-order valence-corrected chi connectivity index (χ3v) is 3.83. The Balaban J connectivity index is 2.49. The molecule has 1 N–H and O–H groups in total. The maximum Gasteiger partial charge on any atom is 0.0406 e. The second kappa shape index (κ2) is 9.41. The first kappa shape index (κ1) is 17.5. The zero-order valence-electron chi connectivity index (χ0n) is 13.5. The molecule has 0 saturated carbocycles. The third kappa shape index (κ3) is 7.91. The Morgan fingerprint density at radius 3 is 2.10 bits per heavy atom. The fourth-order valence-electron chi connectivity index (χ4n) is 2.38. The van der Waals surface area contributed by atoms with Gasteiger partial charge >= 0.3 is 0 Å². The molecule has 1 nitrogen and oxygen atoms in total. The van der Waals surface area contributed by atoms with Crippen LogP contribution in [0.3, 0.4) is 0 Å². The van der Waals surface area contributed by atoms with Gasteiger partial charge in [-0.3, -0.25) is 0 Å². The van der Waals surface area contributed by atoms with Crippen molar-refractivity contribution in [3.05, 3.63) is 34.9 Å². The molecule has 0 aliphatic carbocycles. The van der Waals surface area contributed by atoms with Crippen LogP contribution in [-0.2, 0) is 6.42 Å². The molecule has 0 spiro atoms. The predicted octanol–water partition coefficient (Wildman–Crippen LogP) is 5.18. The van der Waals surface area contributed by atoms with Gasteiger partial charge in [0.15, 0.2) is 0 Å². The first-order valence-corrected chi connectivity index (χ1v) is 8.30. The van der Waals surface area contributed by atoms with Gasteiger partial charge in [0, 0.05) is 5.02 Å². The molecule has 2 heteroatoms. The molecule has 0 fully saturated rings. The molecular weight excluding hydrogens is 266 g/mol. The average Bonchev–Trinajstić information content (AvgIpc) is 2.37. The van der Waals surface area contributed by atoms with E-state index in [0.29, 0.717) is 0 Å². The fraction of sp³-hybridized carbons (Fsp3) is 0.667. The molecule has 0 aromatic heterocycles. The zero-order valence-corrected chi connectivity index (χ0v) is 14.2. The van der Waals surface area contributed by atoms with Crippen molar-refractivity contribution >= 4 is 11.6 Å². The quantitative estimate of drug-likeness (QED) is 0.662. The molecular formula is C18H30ClN. The van der Waals surface area contributed by atoms with Gasteiger partial charge < -0.3 is 5.32 Å². The van der Waals surface area contributed by atoms with Crippen molar-refractivity contribution in [3.8, 4) is 0 Å². The van der Waals surface area contributed by atoms with Crippen molar-refractivity contribution in [2.45, 2.75) is 47.0 Å². The monoisotopic (exact) mass is 295 g/mol. The molecule has 0 aliphatic heterocycles. The number of hydrogen-bond acceptors (Lipinski definition) is 1. The molecule has 0 amide bonds. The van der Waals surface area contributed by atoms with Crippen LogP contribution < -0.4 is 5.32 Å². The zero-order chi connectivity index (χ0) is 15.0. The van der Waals surface area contributed by atoms with E-state index in [0.717, 1.165) is 42.3 Å². The largest absolute Gasteiger partial charge is 0.316 e. The normalized spacial score (nSPS) is 13.2. The summed E-state index contributed by atoms with van der Waals surface area (Å²) in [6.45, 7) is 11.4. The Labute approximate surface area is 130 Å². The van der Waals surface area contributed by atoms with E-state index in [1.54, 1.807) is 0 Å². The summed E-state index contributed by atoms with van der Waals surface area (Å²) in [4.78, 5) is 0. The van der Waals surface area contributed by atoms with Crippen LogP contribution in [0.25, 0.3) is 0 Å². The van der Waals surface area contributed by atoms with Gasteiger partial charge in [-0.15, -0.1) is 0 Å². The van der Waals surface area contributed by atoms with Gasteiger partial charge in [-0.05, 0) is 61.4 Å². The number of nitrogens with one attached hydrogen (secondary N) is 1. The summed E-state index contributed by atoms with van der Waals surface area (Å²) in [7, 11) is 0. The summed E-state index contributed by atoms with van der Waals surface area (Å²) in [6.07, 6.45) is 3.75. The first-order chi connectivity index (χ1) is 9.47. The molecule has 114 valence electrons. The Hall–Kier alpha value is -0.530. The van der Waals surface area contributed by atoms with Crippen molar-refractivity contribution in [2.24, 2.45) is 17.8 Å². The minimum Gasteiger partial charge on any atom is -0.316 e. The molecule has 0 heterocycles. The molecule has 20 heavy (non-hydrogen) atoms. The highest BCUT2D eigenvalue weighted by molar-refractivity contribution is 6.30. The van der Waals surface area contributed by atoms with Crippen LogP contribution >= 0.6 is 11.6 Å². The van der Waals surface area contributed by atoms with Crippen LogP contribution in [0.2, 0.25) is 5.02 Å². The summed E-state index contributed by atoms with van der Waals surface area (Å²) in [6, 6.07) is 8.32. The van der Waals surface area contributed by atoms with Crippen molar-refractivity contribution < 1.29 is 0 Å². The summed E-state index contributed by atoms with van der Waals surface area (Å²) in [5.41, 5.74) is 1.40. The maximum atomic E-state index is 5.96. The molecule has 0 bridgehead atoms. The Morgan fingerprint density at radius 1 is 0.900 bits per heavy atom. The number of rotatable bonds is 9. The van der Waals surface area contributed by atoms with Gasteiger partial charge in [0.25, 0.3) is 0 Å². The highest BCUT2D eigenvalue weighted by Gasteiger charge is 2.11. The predicted molar refractivity (Wildman–Crippen MR) is 90.4 cm³/mol. The Bertz CT molecular complexity index is 356. The standard InChI is InChI=1S/C18H30ClN/c1-14(2)5-6-17(13-20-12-15(3)4)11-16-7-9-18(19)10-8-16/h7-10,14-15,17,20H,5-6,11-13H2,1-4H3. The summed E-state index contributed by atoms with van der Waals surface area (Å²) in [5.74, 6) is 2.22. The van der Waals surface area contributed by atoms with E-state index in [4.69, 9.17) is 11.6 Å². The highest BCUT2D eigenvalue weighted by atomic mass is 35.5. The molecule has 1 unspecified atom stereocenters. The fourth-order valence-corrected chi connectivity index (χ4v) is 2.50. The van der Waals surface area contributed by atoms with Crippen LogP contribution in [0.15, 0.2) is 24.3 Å². The Kier molecular flexibility index (Phi) is 8.25. The van der Waals surface area contributed by atoms with E-state index in [1.807, 2.05) is 12.1 Å². The molecule has 0 radical (unpaired) electrons. The molecule has 1 aromatic carbocycles. The topological polar surface area (TPSA) is 12.0 Å². The van der Waals surface area contributed by atoms with Gasteiger partial charge in [-0.25, -0.2) is 0 Å². The van der Waals surface area contributed by atoms with E-state index in [1.165, 1.54) is 18.4 Å². The van der Waals surface area contributed by atoms with Crippen LogP contribution in [-0.4, -0.2) is 13.1 Å². The lowest BCUT2D eigenvalue weighted by Gasteiger charge is -2.20. The van der Waals surface area contributed by atoms with E-state index in [2.05, 4.69) is 45.1 Å². The number of halogens is 1. The lowest BCUT2D eigenvalue weighted by Crippen LogP contribution is -2.27. The van der Waals surface area contributed by atoms with E-state index < -0.39 is 0 Å². The molecule has 0 aliphatic rings. The van der Waals surface area contributed by atoms with Gasteiger partial charge in [-0.2, -0.15) is 0 Å². The average molecular weight is 296 g/mol. The van der Waals surface area contributed by atoms with Crippen molar-refractivity contribution in [3.63, 3.8) is 0 Å². The lowest BCUT2D eigenvalue weighted by atomic mass is 9.91. The van der Waals surface area contributed by atoms with Gasteiger partial charge in [0.2, 0.25) is 0 Å². The van der Waals surface area contributed by atoms with Gasteiger partial charge in [0.05, 0.1) is 0 Å². The van der Waals surface area contributed by atoms with Crippen LogP contribution in [0.5, 0.6) is 0 Å². The second-order valence-corrected chi connectivity index (χ2v) is 7.16. The lowest BCUT2D eigenvalue weighted by molar-refractivity contribution is 0.389. The maximum absolute atomic E-state index is 5.96. The van der Waals surface area contributed by atoms with Crippen molar-refractivity contribution in [1.29, 1.82) is 0 Å². The Morgan fingerprint density at radius 2 is 1.55 bits per heavy atom. The van der Waals surface area contributed by atoms with E-state index in [-0.39, 0.29) is 0 Å². The van der Waals surface area contributed by atoms with Crippen molar-refractivity contribution in [1.82, 2.24) is 5.32 Å². The summed E-state index contributed by atoms with van der Waals surface area (Å²) >= 11 is 5.96. The molecule has 0 saturated heterocycles. The number of benzene rings is 1. The first-order valence-electron chi connectivity index (χ1n) is 7.92. The number of hydrogen-bond donors (Lipinski definition) is 1. The van der Waals surface area contributed by atoms with Crippen molar-refractivity contribution in [2.75, 3.05) is 13.1 Å². The van der Waals surface area contributed by atoms with Crippen LogP contribution in [0.1, 0.15) is 46.1 Å². The molecule has 1 rings (SSSR count). The van der Waals surface area contributed by atoms with Gasteiger partial charge in [-0.1, -0.05) is 57.8 Å². The summed E-state index contributed by atoms with van der Waals surface area (Å²) in [5, 5.41) is 4.44. The minimum atomic E-state index is 0.719. The molecule has 1 atom stereocenters. The third-order valence-electron chi connectivity index (χ3n) is 3.58. The molecule has 1 aromatic rings. The highest BCUT2D eigenvalue weighted by Crippen LogP contribution is 2.18.